The van der Waals surface area contributed by atoms with Crippen molar-refractivity contribution in [3.63, 3.8) is 0 Å². The number of rotatable bonds is 5. The molecule has 12 heteroatoms. The number of nitrogens with one attached hydrogen (secondary N) is 1. The predicted octanol–water partition coefficient (Wildman–Crippen LogP) is 4.86. The number of halogens is 4. The Balaban J connectivity index is 1.26. The van der Waals surface area contributed by atoms with Crippen LogP contribution in [0.15, 0.2) is 30.5 Å². The Hall–Kier alpha value is -3.77. The van der Waals surface area contributed by atoms with Crippen molar-refractivity contribution in [1.82, 2.24) is 25.2 Å². The number of aromatic nitrogens is 3. The van der Waals surface area contributed by atoms with E-state index in [1.807, 2.05) is 0 Å². The number of pyridine rings is 1. The molecule has 2 aromatic heterocycles. The van der Waals surface area contributed by atoms with Gasteiger partial charge in [-0.15, -0.1) is 0 Å². The maximum atomic E-state index is 16.6. The normalized spacial score (nSPS) is 27.0. The van der Waals surface area contributed by atoms with Crippen molar-refractivity contribution >= 4 is 27.5 Å². The lowest BCUT2D eigenvalue weighted by molar-refractivity contribution is 0.107. The minimum absolute atomic E-state index is 0.0362. The van der Waals surface area contributed by atoms with Gasteiger partial charge >= 0.3 is 6.01 Å². The number of anilines is 1. The van der Waals surface area contributed by atoms with Crippen molar-refractivity contribution < 1.29 is 27.4 Å². The van der Waals surface area contributed by atoms with Gasteiger partial charge in [-0.1, -0.05) is 6.07 Å². The second-order valence-electron chi connectivity index (χ2n) is 12.4. The maximum absolute atomic E-state index is 16.6. The van der Waals surface area contributed by atoms with Crippen LogP contribution < -0.4 is 15.0 Å². The average Bonchev–Trinajstić information content (AvgIpc) is 3.63. The summed E-state index contributed by atoms with van der Waals surface area (Å²) in [7, 11) is 0. The van der Waals surface area contributed by atoms with E-state index in [0.29, 0.717) is 37.3 Å². The lowest BCUT2D eigenvalue weighted by Gasteiger charge is -2.34. The second-order valence-corrected chi connectivity index (χ2v) is 12.4. The molecule has 4 aliphatic rings. The molecule has 43 heavy (non-hydrogen) atoms. The van der Waals surface area contributed by atoms with Crippen molar-refractivity contribution in [3.05, 3.63) is 47.9 Å². The van der Waals surface area contributed by atoms with Crippen LogP contribution in [0, 0.1) is 17.5 Å². The molecular weight excluding hydrogens is 564 g/mol. The molecule has 0 spiro atoms. The van der Waals surface area contributed by atoms with Gasteiger partial charge in [-0.25, -0.2) is 17.6 Å². The Morgan fingerprint density at radius 1 is 1.05 bits per heavy atom. The highest BCUT2D eigenvalue weighted by Crippen LogP contribution is 2.42. The van der Waals surface area contributed by atoms with Gasteiger partial charge in [0.1, 0.15) is 35.6 Å². The average molecular weight is 595 g/mol. The summed E-state index contributed by atoms with van der Waals surface area (Å²) in [5, 5.41) is 14.3. The largest absolute Gasteiger partial charge is 0.508 e. The molecule has 8 nitrogen and oxygen atoms in total. The summed E-state index contributed by atoms with van der Waals surface area (Å²) in [6.45, 7) is 2.67. The summed E-state index contributed by atoms with van der Waals surface area (Å²) in [6.07, 6.45) is 4.67. The fourth-order valence-electron chi connectivity index (χ4n) is 7.70. The summed E-state index contributed by atoms with van der Waals surface area (Å²) >= 11 is 0. The Kier molecular flexibility index (Phi) is 6.16. The van der Waals surface area contributed by atoms with Gasteiger partial charge in [-0.05, 0) is 55.8 Å². The minimum atomic E-state index is -1.17. The first-order valence-electron chi connectivity index (χ1n) is 14.8. The quantitative estimate of drug-likeness (QED) is 0.317. The van der Waals surface area contributed by atoms with Crippen LogP contribution in [0.1, 0.15) is 32.1 Å². The zero-order valence-corrected chi connectivity index (χ0v) is 23.3. The van der Waals surface area contributed by atoms with Crippen LogP contribution in [0.4, 0.5) is 23.4 Å². The van der Waals surface area contributed by atoms with Crippen LogP contribution in [-0.4, -0.2) is 81.5 Å². The molecule has 2 N–H and O–H groups in total. The Bertz CT molecular complexity index is 1760. The predicted molar refractivity (Wildman–Crippen MR) is 153 cm³/mol. The number of piperazine rings is 1. The number of hydrogen-bond acceptors (Lipinski definition) is 8. The third-order valence-electron chi connectivity index (χ3n) is 9.64. The van der Waals surface area contributed by atoms with Crippen LogP contribution in [0.25, 0.3) is 32.9 Å². The molecule has 2 aromatic carbocycles. The first-order valence-corrected chi connectivity index (χ1v) is 14.8. The molecule has 4 aromatic rings. The van der Waals surface area contributed by atoms with Crippen molar-refractivity contribution in [2.24, 2.45) is 0 Å². The van der Waals surface area contributed by atoms with Crippen LogP contribution in [0.3, 0.4) is 0 Å². The van der Waals surface area contributed by atoms with Crippen molar-refractivity contribution in [3.8, 4) is 23.0 Å². The number of phenolic OH excluding ortho intramolecular Hbond substituents is 1. The number of phenols is 1. The lowest BCUT2D eigenvalue weighted by atomic mass is 9.95. The van der Waals surface area contributed by atoms with Crippen LogP contribution in [0.2, 0.25) is 0 Å². The fraction of sp³-hybridized carbons (Fsp3) is 0.452. The van der Waals surface area contributed by atoms with E-state index in [2.05, 4.69) is 25.1 Å². The summed E-state index contributed by atoms with van der Waals surface area (Å²) in [5.74, 6) is -2.91. The fourth-order valence-corrected chi connectivity index (χ4v) is 7.70. The van der Waals surface area contributed by atoms with Crippen LogP contribution in [0.5, 0.6) is 11.8 Å². The van der Waals surface area contributed by atoms with E-state index in [-0.39, 0.29) is 58.0 Å². The van der Waals surface area contributed by atoms with Gasteiger partial charge in [-0.3, -0.25) is 9.88 Å². The summed E-state index contributed by atoms with van der Waals surface area (Å²) in [4.78, 5) is 17.8. The SMILES string of the molecule is Oc1cc(-c2ncc3c(N4CC5CCC(C4)N5)nc(OC[C@@]45CCCN4C[C@H](F)C5)nc3c2F)c2c(F)c(F)ccc2c1. The molecule has 224 valence electrons. The number of aromatic hydroxyl groups is 1. The molecule has 4 aliphatic heterocycles. The zero-order valence-electron chi connectivity index (χ0n) is 23.3. The zero-order chi connectivity index (χ0) is 29.5. The summed E-state index contributed by atoms with van der Waals surface area (Å²) < 4.78 is 66.5. The summed E-state index contributed by atoms with van der Waals surface area (Å²) in [5.41, 5.74) is -0.921. The molecule has 0 aliphatic carbocycles. The minimum Gasteiger partial charge on any atom is -0.508 e. The highest BCUT2D eigenvalue weighted by Gasteiger charge is 2.49. The monoisotopic (exact) mass is 594 g/mol. The number of hydrogen-bond donors (Lipinski definition) is 2. The third-order valence-corrected chi connectivity index (χ3v) is 9.64. The molecule has 2 bridgehead atoms. The van der Waals surface area contributed by atoms with Crippen molar-refractivity contribution in [2.45, 2.75) is 55.9 Å². The molecule has 4 atom stereocenters. The van der Waals surface area contributed by atoms with Gasteiger partial charge in [0.05, 0.1) is 10.9 Å². The highest BCUT2D eigenvalue weighted by atomic mass is 19.2. The van der Waals surface area contributed by atoms with E-state index in [9.17, 15) is 13.9 Å². The number of fused-ring (bicyclic) bond motifs is 5. The molecule has 4 fully saturated rings. The molecule has 8 rings (SSSR count). The number of alkyl halides is 1. The molecule has 6 heterocycles. The maximum Gasteiger partial charge on any atom is 0.319 e. The third kappa shape index (κ3) is 4.36. The standard InChI is InChI=1S/C31H30F4N6O2/c32-17-10-31(6-1-7-41(31)12-17)15-43-30-38-28-22(29(39-30)40-13-18-3-4-19(14-40)37-18)11-36-27(26(28)35)21-9-20(42)8-16-2-5-23(33)25(34)24(16)21/h2,5,8-9,11,17-19,37,42H,1,3-4,6-7,10,12-15H2/t17-,18?,19?,31+/m1/s1. The number of nitrogens with zero attached hydrogens (tertiary/aromatic N) is 5. The van der Waals surface area contributed by atoms with Crippen molar-refractivity contribution in [1.29, 1.82) is 0 Å². The van der Waals surface area contributed by atoms with E-state index in [0.717, 1.165) is 44.4 Å². The van der Waals surface area contributed by atoms with Gasteiger partial charge in [0.25, 0.3) is 0 Å². The number of ether oxygens (including phenoxy) is 1. The molecular formula is C31H30F4N6O2. The van der Waals surface area contributed by atoms with Gasteiger partial charge in [0.2, 0.25) is 0 Å². The highest BCUT2D eigenvalue weighted by molar-refractivity contribution is 6.00. The second kappa shape index (κ2) is 9.88. The van der Waals surface area contributed by atoms with Gasteiger partial charge in [0, 0.05) is 55.3 Å². The Morgan fingerprint density at radius 3 is 2.67 bits per heavy atom. The molecule has 4 saturated heterocycles. The molecule has 2 unspecified atom stereocenters. The van der Waals surface area contributed by atoms with Gasteiger partial charge < -0.3 is 20.1 Å². The first-order chi connectivity index (χ1) is 20.8. The van der Waals surface area contributed by atoms with E-state index < -0.39 is 29.2 Å². The number of benzene rings is 2. The lowest BCUT2D eigenvalue weighted by Crippen LogP contribution is -2.51. The van der Waals surface area contributed by atoms with E-state index in [1.165, 1.54) is 18.3 Å². The van der Waals surface area contributed by atoms with Gasteiger partial charge in [-0.2, -0.15) is 9.97 Å². The Labute approximate surface area is 244 Å². The summed E-state index contributed by atoms with van der Waals surface area (Å²) in [6, 6.07) is 5.22. The van der Waals surface area contributed by atoms with Crippen LogP contribution in [-0.2, 0) is 0 Å². The Morgan fingerprint density at radius 2 is 1.86 bits per heavy atom. The molecule has 0 amide bonds. The van der Waals surface area contributed by atoms with E-state index in [4.69, 9.17) is 9.72 Å². The topological polar surface area (TPSA) is 86.6 Å². The smallest absolute Gasteiger partial charge is 0.319 e. The molecule has 0 radical (unpaired) electrons. The molecule has 0 saturated carbocycles. The van der Waals surface area contributed by atoms with Crippen LogP contribution >= 0.6 is 0 Å². The van der Waals surface area contributed by atoms with E-state index in [1.54, 1.807) is 0 Å². The van der Waals surface area contributed by atoms with E-state index >= 15 is 8.78 Å². The van der Waals surface area contributed by atoms with Crippen molar-refractivity contribution in [2.75, 3.05) is 37.7 Å². The van der Waals surface area contributed by atoms with Gasteiger partial charge in [0.15, 0.2) is 17.5 Å². The first kappa shape index (κ1) is 26.8.